The van der Waals surface area contributed by atoms with E-state index in [1.165, 1.54) is 0 Å². The third-order valence-corrected chi connectivity index (χ3v) is 4.55. The zero-order valence-corrected chi connectivity index (χ0v) is 14.8. The predicted octanol–water partition coefficient (Wildman–Crippen LogP) is 2.58. The number of rotatable bonds is 6. The highest BCUT2D eigenvalue weighted by Crippen LogP contribution is 2.30. The lowest BCUT2D eigenvalue weighted by Crippen LogP contribution is -2.23. The Morgan fingerprint density at radius 3 is 2.58 bits per heavy atom. The van der Waals surface area contributed by atoms with Crippen molar-refractivity contribution in [3.8, 4) is 5.75 Å². The van der Waals surface area contributed by atoms with Gasteiger partial charge in [-0.1, -0.05) is 18.2 Å². The number of carbonyl (C=O) groups is 2. The minimum absolute atomic E-state index is 0.170. The zero-order chi connectivity index (χ0) is 18.5. The summed E-state index contributed by atoms with van der Waals surface area (Å²) in [5.74, 6) is -0.0110. The fourth-order valence-corrected chi connectivity index (χ4v) is 3.24. The topological polar surface area (TPSA) is 84.7 Å². The molecule has 2 aromatic rings. The summed E-state index contributed by atoms with van der Waals surface area (Å²) in [6.07, 6.45) is 2.42. The molecule has 6 heteroatoms. The van der Waals surface area contributed by atoms with E-state index in [2.05, 4.69) is 10.2 Å². The summed E-state index contributed by atoms with van der Waals surface area (Å²) in [6.45, 7) is 1.87. The number of nitrogens with one attached hydrogen (secondary N) is 1. The van der Waals surface area contributed by atoms with Crippen molar-refractivity contribution in [3.63, 3.8) is 0 Å². The van der Waals surface area contributed by atoms with Crippen molar-refractivity contribution in [1.82, 2.24) is 0 Å². The van der Waals surface area contributed by atoms with Gasteiger partial charge in [0.25, 0.3) is 0 Å². The molecule has 1 aliphatic rings. The van der Waals surface area contributed by atoms with E-state index >= 15 is 0 Å². The van der Waals surface area contributed by atoms with Gasteiger partial charge in [-0.3, -0.25) is 9.59 Å². The van der Waals surface area contributed by atoms with Crippen LogP contribution in [-0.4, -0.2) is 32.0 Å². The first kappa shape index (κ1) is 17.8. The molecule has 2 amide bonds. The first-order valence-corrected chi connectivity index (χ1v) is 8.69. The van der Waals surface area contributed by atoms with Crippen molar-refractivity contribution in [2.45, 2.75) is 19.3 Å². The molecule has 6 nitrogen and oxygen atoms in total. The SMILES string of the molecule is COc1ccccc1CC(=O)Nc1cc(C(N)=O)ccc1N1CCCC1. The fraction of sp³-hybridized carbons (Fsp3) is 0.300. The average Bonchev–Trinajstić information content (AvgIpc) is 3.16. The van der Waals surface area contributed by atoms with Gasteiger partial charge >= 0.3 is 0 Å². The summed E-state index contributed by atoms with van der Waals surface area (Å²) in [4.78, 5) is 26.3. The smallest absolute Gasteiger partial charge is 0.248 e. The third-order valence-electron chi connectivity index (χ3n) is 4.55. The van der Waals surface area contributed by atoms with Crippen LogP contribution in [0, 0.1) is 0 Å². The minimum atomic E-state index is -0.516. The van der Waals surface area contributed by atoms with Crippen molar-refractivity contribution >= 4 is 23.2 Å². The number of benzene rings is 2. The van der Waals surface area contributed by atoms with Crippen molar-refractivity contribution in [1.29, 1.82) is 0 Å². The Hall–Kier alpha value is -3.02. The van der Waals surface area contributed by atoms with Gasteiger partial charge in [0.1, 0.15) is 5.75 Å². The van der Waals surface area contributed by atoms with E-state index in [4.69, 9.17) is 10.5 Å². The molecular weight excluding hydrogens is 330 g/mol. The maximum atomic E-state index is 12.6. The van der Waals surface area contributed by atoms with Crippen molar-refractivity contribution in [3.05, 3.63) is 53.6 Å². The van der Waals surface area contributed by atoms with Gasteiger partial charge in [-0.2, -0.15) is 0 Å². The Labute approximate surface area is 152 Å². The molecule has 3 rings (SSSR count). The molecule has 26 heavy (non-hydrogen) atoms. The number of hydrogen-bond donors (Lipinski definition) is 2. The van der Waals surface area contributed by atoms with Gasteiger partial charge in [0, 0.05) is 24.2 Å². The van der Waals surface area contributed by atoms with E-state index in [1.54, 1.807) is 19.2 Å². The number of methoxy groups -OCH3 is 1. The van der Waals surface area contributed by atoms with Crippen LogP contribution in [0.1, 0.15) is 28.8 Å². The molecule has 0 bridgehead atoms. The first-order valence-electron chi connectivity index (χ1n) is 8.69. The van der Waals surface area contributed by atoms with E-state index in [9.17, 15) is 9.59 Å². The van der Waals surface area contributed by atoms with E-state index in [-0.39, 0.29) is 12.3 Å². The number of carbonyl (C=O) groups excluding carboxylic acids is 2. The van der Waals surface area contributed by atoms with Gasteiger partial charge in [0.05, 0.1) is 24.9 Å². The van der Waals surface area contributed by atoms with Crippen LogP contribution >= 0.6 is 0 Å². The quantitative estimate of drug-likeness (QED) is 0.836. The van der Waals surface area contributed by atoms with E-state index < -0.39 is 5.91 Å². The highest BCUT2D eigenvalue weighted by molar-refractivity contribution is 6.00. The van der Waals surface area contributed by atoms with Gasteiger partial charge < -0.3 is 20.7 Å². The number of primary amides is 1. The third kappa shape index (κ3) is 3.96. The Morgan fingerprint density at radius 1 is 1.15 bits per heavy atom. The summed E-state index contributed by atoms with van der Waals surface area (Å²) in [7, 11) is 1.58. The standard InChI is InChI=1S/C20H23N3O3/c1-26-18-7-3-2-6-14(18)13-19(24)22-16-12-15(20(21)25)8-9-17(16)23-10-4-5-11-23/h2-3,6-9,12H,4-5,10-11,13H2,1H3,(H2,21,25)(H,22,24). The minimum Gasteiger partial charge on any atom is -0.496 e. The zero-order valence-electron chi connectivity index (χ0n) is 14.8. The monoisotopic (exact) mass is 353 g/mol. The second-order valence-electron chi connectivity index (χ2n) is 6.33. The molecule has 1 heterocycles. The van der Waals surface area contributed by atoms with Crippen LogP contribution < -0.4 is 20.7 Å². The lowest BCUT2D eigenvalue weighted by atomic mass is 10.1. The lowest BCUT2D eigenvalue weighted by Gasteiger charge is -2.22. The Bertz CT molecular complexity index is 814. The Balaban J connectivity index is 1.83. The van der Waals surface area contributed by atoms with E-state index in [0.29, 0.717) is 17.0 Å². The largest absolute Gasteiger partial charge is 0.496 e. The van der Waals surface area contributed by atoms with Crippen LogP contribution in [0.3, 0.4) is 0 Å². The number of amides is 2. The van der Waals surface area contributed by atoms with Crippen molar-refractivity contribution in [2.75, 3.05) is 30.4 Å². The second-order valence-corrected chi connectivity index (χ2v) is 6.33. The summed E-state index contributed by atoms with van der Waals surface area (Å²) >= 11 is 0. The molecule has 0 aromatic heterocycles. The molecule has 0 atom stereocenters. The molecule has 3 N–H and O–H groups in total. The molecule has 1 aliphatic heterocycles. The fourth-order valence-electron chi connectivity index (χ4n) is 3.24. The van der Waals surface area contributed by atoms with Gasteiger partial charge in [0.2, 0.25) is 11.8 Å². The number of hydrogen-bond acceptors (Lipinski definition) is 4. The van der Waals surface area contributed by atoms with Gasteiger partial charge in [-0.15, -0.1) is 0 Å². The Morgan fingerprint density at radius 2 is 1.88 bits per heavy atom. The first-order chi connectivity index (χ1) is 12.6. The molecular formula is C20H23N3O3. The molecule has 0 unspecified atom stereocenters. The van der Waals surface area contributed by atoms with Crippen molar-refractivity contribution < 1.29 is 14.3 Å². The maximum absolute atomic E-state index is 12.6. The normalized spacial score (nSPS) is 13.5. The van der Waals surface area contributed by atoms with Gasteiger partial charge in [-0.25, -0.2) is 0 Å². The van der Waals surface area contributed by atoms with E-state index in [1.807, 2.05) is 30.3 Å². The van der Waals surface area contributed by atoms with Crippen LogP contribution in [0.15, 0.2) is 42.5 Å². The summed E-state index contributed by atoms with van der Waals surface area (Å²) < 4.78 is 5.30. The molecule has 0 saturated carbocycles. The number of anilines is 2. The summed E-state index contributed by atoms with van der Waals surface area (Å²) in [5, 5.41) is 2.94. The molecule has 0 aliphatic carbocycles. The summed E-state index contributed by atoms with van der Waals surface area (Å²) in [5.41, 5.74) is 8.11. The molecule has 0 spiro atoms. The van der Waals surface area contributed by atoms with Crippen LogP contribution in [0.5, 0.6) is 5.75 Å². The highest BCUT2D eigenvalue weighted by atomic mass is 16.5. The highest BCUT2D eigenvalue weighted by Gasteiger charge is 2.19. The summed E-state index contributed by atoms with van der Waals surface area (Å²) in [6, 6.07) is 12.6. The van der Waals surface area contributed by atoms with Crippen LogP contribution in [0.4, 0.5) is 11.4 Å². The number of para-hydroxylation sites is 1. The number of nitrogens with zero attached hydrogens (tertiary/aromatic N) is 1. The maximum Gasteiger partial charge on any atom is 0.248 e. The van der Waals surface area contributed by atoms with Crippen molar-refractivity contribution in [2.24, 2.45) is 5.73 Å². The second kappa shape index (κ2) is 7.91. The van der Waals surface area contributed by atoms with Crippen LogP contribution in [0.25, 0.3) is 0 Å². The van der Waals surface area contributed by atoms with Gasteiger partial charge in [0.15, 0.2) is 0 Å². The molecule has 0 radical (unpaired) electrons. The lowest BCUT2D eigenvalue weighted by molar-refractivity contribution is -0.115. The average molecular weight is 353 g/mol. The van der Waals surface area contributed by atoms with Crippen LogP contribution in [-0.2, 0) is 11.2 Å². The van der Waals surface area contributed by atoms with Gasteiger partial charge in [-0.05, 0) is 37.1 Å². The molecule has 1 saturated heterocycles. The number of nitrogens with two attached hydrogens (primary N) is 1. The Kier molecular flexibility index (Phi) is 5.41. The molecule has 1 fully saturated rings. The van der Waals surface area contributed by atoms with Crippen LogP contribution in [0.2, 0.25) is 0 Å². The predicted molar refractivity (Wildman–Crippen MR) is 102 cm³/mol. The molecule has 2 aromatic carbocycles. The van der Waals surface area contributed by atoms with E-state index in [0.717, 1.165) is 37.2 Å². The molecule has 136 valence electrons. The number of ether oxygens (including phenoxy) is 1.